The molecule has 0 bridgehead atoms. The standard InChI is InChI=1S/C23H23N5O4/c1-13-18(23(30)27-14-8-5-4-6-9-14)19(15-10-7-11-17(31-2)20(15)32-3)28-22(26-13)16(12-25-28)21(24)29/h4-12,19,26H,1-3H3,(H2,24,29)(H,27,30). The zero-order valence-electron chi connectivity index (χ0n) is 17.9. The number of methoxy groups -OCH3 is 2. The number of carbonyl (C=O) groups excluding carboxylic acids is 2. The second-order valence-electron chi connectivity index (χ2n) is 7.18. The number of ether oxygens (including phenoxy) is 2. The minimum absolute atomic E-state index is 0.221. The molecule has 3 aromatic rings. The molecule has 164 valence electrons. The van der Waals surface area contributed by atoms with Crippen molar-refractivity contribution in [3.05, 3.63) is 77.1 Å². The van der Waals surface area contributed by atoms with E-state index in [1.807, 2.05) is 24.3 Å². The van der Waals surface area contributed by atoms with Gasteiger partial charge in [-0.25, -0.2) is 4.68 Å². The van der Waals surface area contributed by atoms with Gasteiger partial charge in [0, 0.05) is 16.9 Å². The number of amides is 2. The highest BCUT2D eigenvalue weighted by Gasteiger charge is 2.37. The van der Waals surface area contributed by atoms with Gasteiger partial charge in [-0.15, -0.1) is 0 Å². The minimum atomic E-state index is -0.701. The zero-order valence-corrected chi connectivity index (χ0v) is 17.9. The number of benzene rings is 2. The zero-order chi connectivity index (χ0) is 22.8. The molecule has 9 nitrogen and oxygen atoms in total. The van der Waals surface area contributed by atoms with Crippen molar-refractivity contribution in [1.29, 1.82) is 0 Å². The first-order valence-electron chi connectivity index (χ1n) is 9.88. The second kappa shape index (κ2) is 8.46. The molecule has 0 fully saturated rings. The van der Waals surface area contributed by atoms with E-state index in [0.29, 0.717) is 39.8 Å². The quantitative estimate of drug-likeness (QED) is 0.550. The third-order valence-electron chi connectivity index (χ3n) is 5.29. The van der Waals surface area contributed by atoms with Crippen molar-refractivity contribution in [2.24, 2.45) is 5.73 Å². The number of carbonyl (C=O) groups is 2. The molecule has 1 aliphatic heterocycles. The molecule has 2 aromatic carbocycles. The first-order valence-corrected chi connectivity index (χ1v) is 9.88. The lowest BCUT2D eigenvalue weighted by molar-refractivity contribution is -0.113. The van der Waals surface area contributed by atoms with Crippen molar-refractivity contribution in [2.75, 3.05) is 24.9 Å². The van der Waals surface area contributed by atoms with E-state index in [1.54, 1.807) is 43.0 Å². The van der Waals surface area contributed by atoms with E-state index in [9.17, 15) is 9.59 Å². The number of primary amides is 1. The fraction of sp³-hybridized carbons (Fsp3) is 0.174. The Morgan fingerprint density at radius 2 is 1.84 bits per heavy atom. The van der Waals surface area contributed by atoms with Gasteiger partial charge in [-0.3, -0.25) is 9.59 Å². The lowest BCUT2D eigenvalue weighted by atomic mass is 9.93. The Balaban J connectivity index is 1.90. The Morgan fingerprint density at radius 3 is 2.50 bits per heavy atom. The van der Waals surface area contributed by atoms with Crippen LogP contribution in [0, 0.1) is 0 Å². The fourth-order valence-electron chi connectivity index (χ4n) is 3.86. The van der Waals surface area contributed by atoms with Crippen LogP contribution in [0.5, 0.6) is 11.5 Å². The molecule has 1 aliphatic rings. The molecule has 4 rings (SSSR count). The average Bonchev–Trinajstić information content (AvgIpc) is 3.21. The van der Waals surface area contributed by atoms with Crippen LogP contribution in [0.2, 0.25) is 0 Å². The molecule has 9 heteroatoms. The Labute approximate surface area is 184 Å². The summed E-state index contributed by atoms with van der Waals surface area (Å²) in [4.78, 5) is 25.4. The van der Waals surface area contributed by atoms with Crippen molar-refractivity contribution in [3.63, 3.8) is 0 Å². The number of rotatable bonds is 6. The first kappa shape index (κ1) is 21.0. The molecular weight excluding hydrogens is 410 g/mol. The molecule has 0 aliphatic carbocycles. The van der Waals surface area contributed by atoms with E-state index < -0.39 is 11.9 Å². The molecule has 2 amide bonds. The number of hydrogen-bond acceptors (Lipinski definition) is 6. The maximum atomic E-state index is 13.5. The summed E-state index contributed by atoms with van der Waals surface area (Å²) in [6.45, 7) is 1.76. The number of para-hydroxylation sites is 2. The van der Waals surface area contributed by atoms with Crippen molar-refractivity contribution in [3.8, 4) is 11.5 Å². The maximum Gasteiger partial charge on any atom is 0.255 e. The van der Waals surface area contributed by atoms with Gasteiger partial charge in [-0.2, -0.15) is 5.10 Å². The first-order chi connectivity index (χ1) is 15.5. The molecule has 0 radical (unpaired) electrons. The summed E-state index contributed by atoms with van der Waals surface area (Å²) in [6.07, 6.45) is 1.38. The van der Waals surface area contributed by atoms with Gasteiger partial charge in [0.25, 0.3) is 11.8 Å². The number of nitrogens with two attached hydrogens (primary N) is 1. The fourth-order valence-corrected chi connectivity index (χ4v) is 3.86. The lowest BCUT2D eigenvalue weighted by Gasteiger charge is -2.31. The van der Waals surface area contributed by atoms with E-state index in [4.69, 9.17) is 15.2 Å². The molecule has 1 atom stereocenters. The van der Waals surface area contributed by atoms with Crippen LogP contribution in [0.3, 0.4) is 0 Å². The van der Waals surface area contributed by atoms with Gasteiger partial charge < -0.3 is 25.8 Å². The van der Waals surface area contributed by atoms with Gasteiger partial charge >= 0.3 is 0 Å². The number of anilines is 2. The number of nitrogens with zero attached hydrogens (tertiary/aromatic N) is 2. The van der Waals surface area contributed by atoms with Crippen molar-refractivity contribution < 1.29 is 19.1 Å². The van der Waals surface area contributed by atoms with Gasteiger partial charge in [0.15, 0.2) is 11.5 Å². The topological polar surface area (TPSA) is 120 Å². The molecule has 0 spiro atoms. The molecular formula is C23H23N5O4. The highest BCUT2D eigenvalue weighted by atomic mass is 16.5. The molecule has 32 heavy (non-hydrogen) atoms. The molecule has 0 saturated heterocycles. The molecule has 1 unspecified atom stereocenters. The summed E-state index contributed by atoms with van der Waals surface area (Å²) < 4.78 is 12.7. The van der Waals surface area contributed by atoms with Crippen molar-refractivity contribution in [2.45, 2.75) is 13.0 Å². The van der Waals surface area contributed by atoms with Gasteiger partial charge in [-0.1, -0.05) is 30.3 Å². The van der Waals surface area contributed by atoms with Crippen LogP contribution >= 0.6 is 0 Å². The van der Waals surface area contributed by atoms with Gasteiger partial charge in [0.05, 0.1) is 26.0 Å². The summed E-state index contributed by atoms with van der Waals surface area (Å²) in [6, 6.07) is 13.8. The Hall–Kier alpha value is -4.27. The molecule has 2 heterocycles. The van der Waals surface area contributed by atoms with E-state index in [2.05, 4.69) is 15.7 Å². The van der Waals surface area contributed by atoms with E-state index in [0.717, 1.165) is 0 Å². The van der Waals surface area contributed by atoms with Crippen molar-refractivity contribution >= 4 is 23.3 Å². The molecule has 4 N–H and O–H groups in total. The Bertz CT molecular complexity index is 1220. The summed E-state index contributed by atoms with van der Waals surface area (Å²) >= 11 is 0. The van der Waals surface area contributed by atoms with Crippen LogP contribution < -0.4 is 25.8 Å². The van der Waals surface area contributed by atoms with Crippen LogP contribution in [0.1, 0.15) is 28.9 Å². The molecule has 0 saturated carbocycles. The maximum absolute atomic E-state index is 13.5. The highest BCUT2D eigenvalue weighted by molar-refractivity contribution is 6.07. The predicted molar refractivity (Wildman–Crippen MR) is 120 cm³/mol. The Kier molecular flexibility index (Phi) is 5.55. The van der Waals surface area contributed by atoms with Crippen LogP contribution in [0.15, 0.2) is 66.0 Å². The second-order valence-corrected chi connectivity index (χ2v) is 7.18. The van der Waals surface area contributed by atoms with Crippen LogP contribution in [-0.2, 0) is 4.79 Å². The van der Waals surface area contributed by atoms with Crippen molar-refractivity contribution in [1.82, 2.24) is 9.78 Å². The number of fused-ring (bicyclic) bond motifs is 1. The van der Waals surface area contributed by atoms with Crippen LogP contribution in [0.25, 0.3) is 0 Å². The third-order valence-corrected chi connectivity index (χ3v) is 5.29. The van der Waals surface area contributed by atoms with Gasteiger partial charge in [0.1, 0.15) is 17.4 Å². The van der Waals surface area contributed by atoms with E-state index in [-0.39, 0.29) is 11.5 Å². The smallest absolute Gasteiger partial charge is 0.255 e. The van der Waals surface area contributed by atoms with Crippen LogP contribution in [0.4, 0.5) is 11.5 Å². The summed E-state index contributed by atoms with van der Waals surface area (Å²) in [5.74, 6) is 0.425. The minimum Gasteiger partial charge on any atom is -0.493 e. The van der Waals surface area contributed by atoms with Gasteiger partial charge in [0.2, 0.25) is 0 Å². The monoisotopic (exact) mass is 433 g/mol. The van der Waals surface area contributed by atoms with Gasteiger partial charge in [-0.05, 0) is 25.1 Å². The summed E-state index contributed by atoms with van der Waals surface area (Å²) in [7, 11) is 3.07. The predicted octanol–water partition coefficient (Wildman–Crippen LogP) is 2.93. The normalized spacial score (nSPS) is 14.9. The summed E-state index contributed by atoms with van der Waals surface area (Å²) in [5, 5.41) is 10.4. The number of aromatic nitrogens is 2. The third kappa shape index (κ3) is 3.53. The largest absolute Gasteiger partial charge is 0.493 e. The van der Waals surface area contributed by atoms with E-state index in [1.165, 1.54) is 13.3 Å². The highest BCUT2D eigenvalue weighted by Crippen LogP contribution is 2.43. The SMILES string of the molecule is COc1cccc(C2C(C(=O)Nc3ccccc3)=C(C)Nc3c(C(N)=O)cnn32)c1OC. The van der Waals surface area contributed by atoms with E-state index >= 15 is 0 Å². The molecule has 1 aromatic heterocycles. The average molecular weight is 433 g/mol. The number of hydrogen-bond donors (Lipinski definition) is 3. The Morgan fingerprint density at radius 1 is 1.09 bits per heavy atom. The number of nitrogens with one attached hydrogen (secondary N) is 2. The van der Waals surface area contributed by atoms with Crippen LogP contribution in [-0.4, -0.2) is 35.8 Å². The number of allylic oxidation sites excluding steroid dienone is 1. The summed E-state index contributed by atoms with van der Waals surface area (Å²) in [5.41, 5.74) is 8.02. The lowest BCUT2D eigenvalue weighted by Crippen LogP contribution is -2.32.